The molecule has 7 nitrogen and oxygen atoms in total. The van der Waals surface area contributed by atoms with E-state index in [4.69, 9.17) is 9.47 Å². The second-order valence-corrected chi connectivity index (χ2v) is 3.04. The predicted molar refractivity (Wildman–Crippen MR) is 49.2 cm³/mol. The average molecular weight is 213 g/mol. The van der Waals surface area contributed by atoms with Crippen LogP contribution in [0.25, 0.3) is 0 Å². The average Bonchev–Trinajstić information content (AvgIpc) is 2.62. The first-order valence-electron chi connectivity index (χ1n) is 4.67. The maximum absolute atomic E-state index is 10.7. The van der Waals surface area contributed by atoms with E-state index in [0.29, 0.717) is 25.6 Å². The molecule has 82 valence electrons. The maximum Gasteiger partial charge on any atom is 0.343 e. The molecule has 0 spiro atoms. The molecule has 0 saturated carbocycles. The van der Waals surface area contributed by atoms with Crippen LogP contribution in [-0.4, -0.2) is 27.7 Å². The summed E-state index contributed by atoms with van der Waals surface area (Å²) >= 11 is 0. The third-order valence-corrected chi connectivity index (χ3v) is 2.17. The molecule has 15 heavy (non-hydrogen) atoms. The van der Waals surface area contributed by atoms with Crippen LogP contribution in [0.15, 0.2) is 6.20 Å². The summed E-state index contributed by atoms with van der Waals surface area (Å²) in [5, 5.41) is 10.7. The number of hydrogen-bond acceptors (Lipinski definition) is 5. The van der Waals surface area contributed by atoms with E-state index >= 15 is 0 Å². The van der Waals surface area contributed by atoms with E-state index in [9.17, 15) is 10.1 Å². The van der Waals surface area contributed by atoms with Crippen LogP contribution >= 0.6 is 0 Å². The lowest BCUT2D eigenvalue weighted by molar-refractivity contribution is -0.393. The molecule has 0 fully saturated rings. The first kappa shape index (κ1) is 10.1. The normalized spacial score (nSPS) is 19.9. The van der Waals surface area contributed by atoms with E-state index in [1.165, 1.54) is 10.8 Å². The molecule has 2 heterocycles. The Labute approximate surface area is 85.8 Å². The number of aromatic nitrogens is 2. The summed E-state index contributed by atoms with van der Waals surface area (Å²) in [5.41, 5.74) is 0. The van der Waals surface area contributed by atoms with Gasteiger partial charge in [0.25, 0.3) is 5.82 Å². The van der Waals surface area contributed by atoms with Crippen LogP contribution in [0.2, 0.25) is 0 Å². The smallest absolute Gasteiger partial charge is 0.343 e. The number of hydrogen-bond donors (Lipinski definition) is 0. The van der Waals surface area contributed by atoms with E-state index in [1.54, 1.807) is 0 Å². The fourth-order valence-electron chi connectivity index (χ4n) is 1.54. The fraction of sp³-hybridized carbons (Fsp3) is 0.625. The van der Waals surface area contributed by atoms with Crippen molar-refractivity contribution in [1.82, 2.24) is 9.55 Å². The van der Waals surface area contributed by atoms with Crippen molar-refractivity contribution in [2.24, 2.45) is 0 Å². The Balaban J connectivity index is 2.33. The van der Waals surface area contributed by atoms with Crippen LogP contribution in [0.5, 0.6) is 0 Å². The fourth-order valence-corrected chi connectivity index (χ4v) is 1.54. The van der Waals surface area contributed by atoms with Gasteiger partial charge in [0, 0.05) is 6.61 Å². The molecular formula is C8H11N3O4. The molecule has 2 rings (SSSR count). The Kier molecular flexibility index (Phi) is 2.65. The SMILES string of the molecule is CCO[C@H]1OCCn2c([N+](=O)[O-])cnc21. The number of nitro groups is 1. The van der Waals surface area contributed by atoms with Gasteiger partial charge in [-0.3, -0.25) is 0 Å². The van der Waals surface area contributed by atoms with Gasteiger partial charge in [0.2, 0.25) is 6.29 Å². The Morgan fingerprint density at radius 3 is 3.33 bits per heavy atom. The highest BCUT2D eigenvalue weighted by Crippen LogP contribution is 2.26. The summed E-state index contributed by atoms with van der Waals surface area (Å²) < 4.78 is 12.1. The molecule has 7 heteroatoms. The molecule has 0 unspecified atom stereocenters. The van der Waals surface area contributed by atoms with Gasteiger partial charge in [-0.25, -0.2) is 9.55 Å². The monoisotopic (exact) mass is 213 g/mol. The second-order valence-electron chi connectivity index (χ2n) is 3.04. The van der Waals surface area contributed by atoms with Crippen molar-refractivity contribution < 1.29 is 14.4 Å². The summed E-state index contributed by atoms with van der Waals surface area (Å²) in [6.45, 7) is 3.15. The van der Waals surface area contributed by atoms with Crippen LogP contribution < -0.4 is 0 Å². The van der Waals surface area contributed by atoms with Gasteiger partial charge in [-0.05, 0) is 11.8 Å². The van der Waals surface area contributed by atoms with Gasteiger partial charge < -0.3 is 19.6 Å². The predicted octanol–water partition coefficient (Wildman–Crippen LogP) is 0.857. The zero-order valence-electron chi connectivity index (χ0n) is 8.25. The Morgan fingerprint density at radius 1 is 1.87 bits per heavy atom. The van der Waals surface area contributed by atoms with Gasteiger partial charge in [0.1, 0.15) is 12.7 Å². The highest BCUT2D eigenvalue weighted by atomic mass is 16.7. The third-order valence-electron chi connectivity index (χ3n) is 2.17. The zero-order chi connectivity index (χ0) is 10.8. The Morgan fingerprint density at radius 2 is 2.67 bits per heavy atom. The maximum atomic E-state index is 10.7. The van der Waals surface area contributed by atoms with Gasteiger partial charge >= 0.3 is 5.82 Å². The molecule has 1 aromatic rings. The Bertz CT molecular complexity index is 376. The minimum absolute atomic E-state index is 0.0157. The summed E-state index contributed by atoms with van der Waals surface area (Å²) in [6, 6.07) is 0. The molecule has 0 amide bonds. The largest absolute Gasteiger partial charge is 0.358 e. The molecular weight excluding hydrogens is 202 g/mol. The van der Waals surface area contributed by atoms with Crippen molar-refractivity contribution in [3.8, 4) is 0 Å². The number of nitrogens with zero attached hydrogens (tertiary/aromatic N) is 3. The minimum atomic E-state index is -0.586. The highest BCUT2D eigenvalue weighted by Gasteiger charge is 2.31. The van der Waals surface area contributed by atoms with Crippen molar-refractivity contribution in [2.75, 3.05) is 13.2 Å². The first-order chi connectivity index (χ1) is 7.24. The summed E-state index contributed by atoms with van der Waals surface area (Å²) in [4.78, 5) is 14.2. The molecule has 1 aliphatic heterocycles. The molecule has 1 atom stereocenters. The van der Waals surface area contributed by atoms with Crippen molar-refractivity contribution >= 4 is 5.82 Å². The van der Waals surface area contributed by atoms with Crippen LogP contribution in [0.4, 0.5) is 5.82 Å². The lowest BCUT2D eigenvalue weighted by Crippen LogP contribution is -2.24. The van der Waals surface area contributed by atoms with Crippen molar-refractivity contribution in [2.45, 2.75) is 19.8 Å². The zero-order valence-corrected chi connectivity index (χ0v) is 8.25. The van der Waals surface area contributed by atoms with Crippen LogP contribution in [0.3, 0.4) is 0 Å². The molecule has 0 bridgehead atoms. The van der Waals surface area contributed by atoms with E-state index in [0.717, 1.165) is 0 Å². The van der Waals surface area contributed by atoms with Crippen LogP contribution in [0.1, 0.15) is 19.0 Å². The lowest BCUT2D eigenvalue weighted by Gasteiger charge is -2.20. The second kappa shape index (κ2) is 3.95. The molecule has 0 radical (unpaired) electrons. The van der Waals surface area contributed by atoms with Crippen molar-refractivity contribution in [1.29, 1.82) is 0 Å². The first-order valence-corrected chi connectivity index (χ1v) is 4.67. The molecule has 0 aromatic carbocycles. The van der Waals surface area contributed by atoms with E-state index in [-0.39, 0.29) is 5.82 Å². The topological polar surface area (TPSA) is 79.4 Å². The summed E-state index contributed by atoms with van der Waals surface area (Å²) in [6.07, 6.45) is 0.646. The highest BCUT2D eigenvalue weighted by molar-refractivity contribution is 5.20. The number of fused-ring (bicyclic) bond motifs is 1. The van der Waals surface area contributed by atoms with Gasteiger partial charge in [-0.1, -0.05) is 0 Å². The van der Waals surface area contributed by atoms with Gasteiger partial charge in [0.15, 0.2) is 0 Å². The van der Waals surface area contributed by atoms with E-state index in [2.05, 4.69) is 4.98 Å². The molecule has 0 N–H and O–H groups in total. The number of rotatable bonds is 3. The van der Waals surface area contributed by atoms with Crippen LogP contribution in [-0.2, 0) is 16.0 Å². The molecule has 0 saturated heterocycles. The summed E-state index contributed by atoms with van der Waals surface area (Å²) in [5.74, 6) is 0.452. The molecule has 0 aliphatic carbocycles. The van der Waals surface area contributed by atoms with Gasteiger partial charge in [0.05, 0.1) is 6.61 Å². The number of imidazole rings is 1. The van der Waals surface area contributed by atoms with Crippen molar-refractivity contribution in [3.63, 3.8) is 0 Å². The van der Waals surface area contributed by atoms with Gasteiger partial charge in [-0.15, -0.1) is 0 Å². The molecule has 1 aromatic heterocycles. The summed E-state index contributed by atoms with van der Waals surface area (Å²) in [7, 11) is 0. The molecule has 1 aliphatic rings. The van der Waals surface area contributed by atoms with E-state index in [1.807, 2.05) is 6.92 Å². The van der Waals surface area contributed by atoms with Gasteiger partial charge in [-0.2, -0.15) is 0 Å². The van der Waals surface area contributed by atoms with Crippen LogP contribution in [0, 0.1) is 10.1 Å². The third kappa shape index (κ3) is 1.71. The Hall–Kier alpha value is -1.47. The standard InChI is InChI=1S/C8H11N3O4/c1-2-14-8-7-9-5-6(11(12)13)10(7)3-4-15-8/h5,8H,2-4H2,1H3/t8-/m0/s1. The van der Waals surface area contributed by atoms with E-state index < -0.39 is 11.2 Å². The number of ether oxygens (including phenoxy) is 2. The van der Waals surface area contributed by atoms with Crippen molar-refractivity contribution in [3.05, 3.63) is 22.1 Å². The lowest BCUT2D eigenvalue weighted by atomic mass is 10.4. The quantitative estimate of drug-likeness (QED) is 0.549. The minimum Gasteiger partial charge on any atom is -0.358 e.